The van der Waals surface area contributed by atoms with Crippen molar-refractivity contribution in [3.63, 3.8) is 0 Å². The Morgan fingerprint density at radius 1 is 1.24 bits per heavy atom. The molecule has 0 saturated carbocycles. The summed E-state index contributed by atoms with van der Waals surface area (Å²) in [6.07, 6.45) is 3.91. The number of nitrogens with zero attached hydrogens (tertiary/aromatic N) is 1. The molecule has 1 aromatic carbocycles. The van der Waals surface area contributed by atoms with Crippen molar-refractivity contribution in [3.8, 4) is 0 Å². The minimum Gasteiger partial charge on any atom is -0.353 e. The maximum Gasteiger partial charge on any atom is 0.223 e. The van der Waals surface area contributed by atoms with Crippen LogP contribution in [-0.4, -0.2) is 42.5 Å². The molecule has 6 heteroatoms. The number of hydrogen-bond acceptors (Lipinski definition) is 3. The molecule has 2 atom stereocenters. The Hall–Kier alpha value is -0.810. The third kappa shape index (κ3) is 5.33. The number of nitrogens with one attached hydrogen (secondary N) is 2. The maximum atomic E-state index is 12.5. The number of halogens is 2. The van der Waals surface area contributed by atoms with Gasteiger partial charge >= 0.3 is 0 Å². The van der Waals surface area contributed by atoms with Crippen LogP contribution < -0.4 is 10.6 Å². The fourth-order valence-corrected chi connectivity index (χ4v) is 4.14. The molecule has 2 saturated heterocycles. The number of rotatable bonds is 4. The number of likely N-dealkylation sites (tertiary alicyclic amines) is 1. The van der Waals surface area contributed by atoms with E-state index in [0.717, 1.165) is 51.9 Å². The zero-order valence-electron chi connectivity index (χ0n) is 14.7. The first-order valence-corrected chi connectivity index (χ1v) is 9.97. The van der Waals surface area contributed by atoms with E-state index < -0.39 is 0 Å². The molecule has 0 spiro atoms. The van der Waals surface area contributed by atoms with E-state index >= 15 is 0 Å². The molecular weight excluding hydrogens is 357 g/mol. The molecule has 1 aromatic rings. The van der Waals surface area contributed by atoms with E-state index in [4.69, 9.17) is 23.2 Å². The van der Waals surface area contributed by atoms with Crippen molar-refractivity contribution in [2.24, 2.45) is 5.92 Å². The van der Waals surface area contributed by atoms with Crippen LogP contribution in [0.3, 0.4) is 0 Å². The molecule has 25 heavy (non-hydrogen) atoms. The number of amides is 1. The third-order valence-electron chi connectivity index (χ3n) is 5.32. The highest BCUT2D eigenvalue weighted by atomic mass is 35.5. The normalized spacial score (nSPS) is 25.7. The Kier molecular flexibility index (Phi) is 6.61. The van der Waals surface area contributed by atoms with Crippen LogP contribution in [0.5, 0.6) is 0 Å². The van der Waals surface area contributed by atoms with Crippen molar-refractivity contribution >= 4 is 29.1 Å². The van der Waals surface area contributed by atoms with Crippen molar-refractivity contribution in [2.45, 2.75) is 51.2 Å². The molecule has 2 heterocycles. The molecule has 0 aliphatic carbocycles. The number of carbonyl (C=O) groups excluding carboxylic acids is 1. The van der Waals surface area contributed by atoms with Crippen LogP contribution in [0.1, 0.15) is 38.2 Å². The summed E-state index contributed by atoms with van der Waals surface area (Å²) in [5, 5.41) is 7.89. The van der Waals surface area contributed by atoms with E-state index in [1.807, 2.05) is 18.2 Å². The average Bonchev–Trinajstić information content (AvgIpc) is 2.60. The summed E-state index contributed by atoms with van der Waals surface area (Å²) in [4.78, 5) is 14.9. The lowest BCUT2D eigenvalue weighted by Crippen LogP contribution is -2.48. The first kappa shape index (κ1) is 19.0. The van der Waals surface area contributed by atoms with Gasteiger partial charge in [0.05, 0.1) is 10.0 Å². The quantitative estimate of drug-likeness (QED) is 0.836. The monoisotopic (exact) mass is 383 g/mol. The van der Waals surface area contributed by atoms with Gasteiger partial charge in [0.2, 0.25) is 5.91 Å². The number of hydrogen-bond donors (Lipinski definition) is 2. The highest BCUT2D eigenvalue weighted by Gasteiger charge is 2.27. The van der Waals surface area contributed by atoms with Crippen molar-refractivity contribution in [1.29, 1.82) is 0 Å². The first-order chi connectivity index (χ1) is 12.0. The Balaban J connectivity index is 1.43. The number of benzene rings is 1. The Morgan fingerprint density at radius 3 is 2.68 bits per heavy atom. The van der Waals surface area contributed by atoms with E-state index in [2.05, 4.69) is 22.5 Å². The van der Waals surface area contributed by atoms with Crippen molar-refractivity contribution < 1.29 is 4.79 Å². The van der Waals surface area contributed by atoms with E-state index in [-0.39, 0.29) is 11.8 Å². The third-order valence-corrected chi connectivity index (χ3v) is 6.06. The zero-order valence-corrected chi connectivity index (χ0v) is 16.2. The van der Waals surface area contributed by atoms with Crippen LogP contribution in [0.4, 0.5) is 0 Å². The lowest BCUT2D eigenvalue weighted by Gasteiger charge is -2.34. The van der Waals surface area contributed by atoms with E-state index in [1.165, 1.54) is 5.56 Å². The smallest absolute Gasteiger partial charge is 0.223 e. The molecule has 4 nitrogen and oxygen atoms in total. The van der Waals surface area contributed by atoms with Crippen LogP contribution in [-0.2, 0) is 11.3 Å². The van der Waals surface area contributed by atoms with Crippen LogP contribution in [0, 0.1) is 5.92 Å². The summed E-state index contributed by atoms with van der Waals surface area (Å²) in [5.41, 5.74) is 1.18. The molecule has 2 aliphatic rings. The van der Waals surface area contributed by atoms with Gasteiger partial charge in [-0.25, -0.2) is 0 Å². The zero-order chi connectivity index (χ0) is 17.8. The summed E-state index contributed by atoms with van der Waals surface area (Å²) >= 11 is 12.1. The lowest BCUT2D eigenvalue weighted by molar-refractivity contribution is -0.127. The second-order valence-electron chi connectivity index (χ2n) is 7.38. The van der Waals surface area contributed by atoms with Crippen LogP contribution in [0.15, 0.2) is 18.2 Å². The van der Waals surface area contributed by atoms with Crippen LogP contribution >= 0.6 is 23.2 Å². The van der Waals surface area contributed by atoms with Crippen LogP contribution in [0.25, 0.3) is 0 Å². The Bertz CT molecular complexity index is 602. The van der Waals surface area contributed by atoms with Gasteiger partial charge in [0.25, 0.3) is 0 Å². The predicted molar refractivity (Wildman–Crippen MR) is 103 cm³/mol. The molecule has 2 aliphatic heterocycles. The Labute approximate surface area is 160 Å². The fourth-order valence-electron chi connectivity index (χ4n) is 3.82. The summed E-state index contributed by atoms with van der Waals surface area (Å²) in [6, 6.07) is 6.57. The van der Waals surface area contributed by atoms with Gasteiger partial charge in [-0.3, -0.25) is 9.69 Å². The highest BCUT2D eigenvalue weighted by molar-refractivity contribution is 6.42. The summed E-state index contributed by atoms with van der Waals surface area (Å²) in [5.74, 6) is 0.418. The van der Waals surface area contributed by atoms with Gasteiger partial charge in [0.1, 0.15) is 0 Å². The van der Waals surface area contributed by atoms with E-state index in [1.54, 1.807) is 0 Å². The minimum absolute atomic E-state index is 0.172. The molecule has 138 valence electrons. The standard InChI is InChI=1S/C19H27Cl2N3O/c1-13-10-15(4-7-22-13)19(25)23-16-5-8-24(9-6-16)12-14-2-3-17(20)18(21)11-14/h2-3,11,13,15-16,22H,4-10,12H2,1H3,(H,23,25)/t13-,15-/m0/s1. The average molecular weight is 384 g/mol. The van der Waals surface area contributed by atoms with Crippen molar-refractivity contribution in [2.75, 3.05) is 19.6 Å². The molecule has 0 unspecified atom stereocenters. The van der Waals surface area contributed by atoms with Gasteiger partial charge in [0, 0.05) is 37.6 Å². The molecule has 0 aromatic heterocycles. The summed E-state index contributed by atoms with van der Waals surface area (Å²) in [7, 11) is 0. The van der Waals surface area contributed by atoms with Crippen LogP contribution in [0.2, 0.25) is 10.0 Å². The molecule has 2 fully saturated rings. The molecule has 0 bridgehead atoms. The Morgan fingerprint density at radius 2 is 2.00 bits per heavy atom. The SMILES string of the molecule is C[C@H]1C[C@@H](C(=O)NC2CCN(Cc3ccc(Cl)c(Cl)c3)CC2)CCN1. The van der Waals surface area contributed by atoms with Gasteiger partial charge in [-0.15, -0.1) is 0 Å². The van der Waals surface area contributed by atoms with E-state index in [0.29, 0.717) is 22.1 Å². The molecule has 0 radical (unpaired) electrons. The summed E-state index contributed by atoms with van der Waals surface area (Å²) in [6.45, 7) is 5.97. The van der Waals surface area contributed by atoms with Gasteiger partial charge in [0.15, 0.2) is 0 Å². The minimum atomic E-state index is 0.172. The second kappa shape index (κ2) is 8.72. The van der Waals surface area contributed by atoms with Crippen molar-refractivity contribution in [1.82, 2.24) is 15.5 Å². The summed E-state index contributed by atoms with van der Waals surface area (Å²) < 4.78 is 0. The van der Waals surface area contributed by atoms with Gasteiger partial charge < -0.3 is 10.6 Å². The van der Waals surface area contributed by atoms with Gasteiger partial charge in [-0.05, 0) is 56.8 Å². The molecule has 2 N–H and O–H groups in total. The highest BCUT2D eigenvalue weighted by Crippen LogP contribution is 2.24. The topological polar surface area (TPSA) is 44.4 Å². The molecule has 1 amide bonds. The first-order valence-electron chi connectivity index (χ1n) is 9.21. The number of piperidine rings is 2. The fraction of sp³-hybridized carbons (Fsp3) is 0.632. The van der Waals surface area contributed by atoms with Gasteiger partial charge in [-0.1, -0.05) is 29.3 Å². The number of carbonyl (C=O) groups is 1. The van der Waals surface area contributed by atoms with E-state index in [9.17, 15) is 4.79 Å². The van der Waals surface area contributed by atoms with Crippen molar-refractivity contribution in [3.05, 3.63) is 33.8 Å². The predicted octanol–water partition coefficient (Wildman–Crippen LogP) is 3.46. The lowest BCUT2D eigenvalue weighted by atomic mass is 9.91. The van der Waals surface area contributed by atoms with Gasteiger partial charge in [-0.2, -0.15) is 0 Å². The molecular formula is C19H27Cl2N3O. The molecule has 3 rings (SSSR count). The maximum absolute atomic E-state index is 12.5. The second-order valence-corrected chi connectivity index (χ2v) is 8.20. The largest absolute Gasteiger partial charge is 0.353 e.